The number of nitrogens with zero attached hydrogens (tertiary/aromatic N) is 1. The monoisotopic (exact) mass is 284 g/mol. The molecule has 8 heteroatoms. The van der Waals surface area contributed by atoms with Gasteiger partial charge in [-0.3, -0.25) is 14.5 Å². The van der Waals surface area contributed by atoms with Gasteiger partial charge in [-0.15, -0.1) is 0 Å². The zero-order chi connectivity index (χ0) is 14.8. The molecule has 0 aromatic carbocycles. The smallest absolute Gasteiger partial charge is 0.328 e. The summed E-state index contributed by atoms with van der Waals surface area (Å²) in [6.07, 6.45) is 3.06. The number of carbonyl (C=O) groups excluding carboxylic acids is 3. The highest BCUT2D eigenvalue weighted by molar-refractivity contribution is 6.07. The van der Waals surface area contributed by atoms with Crippen molar-refractivity contribution in [1.29, 1.82) is 0 Å². The Morgan fingerprint density at radius 3 is 2.75 bits per heavy atom. The van der Waals surface area contributed by atoms with E-state index in [-0.39, 0.29) is 18.9 Å². The topological polar surface area (TPSA) is 114 Å². The SMILES string of the molecule is CC1CCC2(CC1)NC(=O)N(CCC(=O)ONN)C2=O. The van der Waals surface area contributed by atoms with Crippen LogP contribution in [-0.4, -0.2) is 34.9 Å². The molecule has 1 saturated heterocycles. The maximum atomic E-state index is 12.4. The lowest BCUT2D eigenvalue weighted by Crippen LogP contribution is -2.49. The van der Waals surface area contributed by atoms with Gasteiger partial charge in [0, 0.05) is 6.54 Å². The average molecular weight is 284 g/mol. The Hall–Kier alpha value is -1.67. The summed E-state index contributed by atoms with van der Waals surface area (Å²) in [6.45, 7) is 2.14. The van der Waals surface area contributed by atoms with E-state index in [1.807, 2.05) is 0 Å². The number of hydrogen-bond acceptors (Lipinski definition) is 6. The predicted molar refractivity (Wildman–Crippen MR) is 68.6 cm³/mol. The van der Waals surface area contributed by atoms with Gasteiger partial charge < -0.3 is 10.2 Å². The van der Waals surface area contributed by atoms with E-state index in [1.54, 1.807) is 5.59 Å². The first kappa shape index (κ1) is 14.7. The molecule has 1 heterocycles. The first-order valence-corrected chi connectivity index (χ1v) is 6.78. The Balaban J connectivity index is 1.97. The molecule has 1 aliphatic carbocycles. The van der Waals surface area contributed by atoms with Gasteiger partial charge in [-0.05, 0) is 31.6 Å². The maximum Gasteiger partial charge on any atom is 0.328 e. The Kier molecular flexibility index (Phi) is 4.24. The summed E-state index contributed by atoms with van der Waals surface area (Å²) < 4.78 is 0. The molecule has 0 radical (unpaired) electrons. The Labute approximate surface area is 116 Å². The standard InChI is InChI=1S/C12H20N4O4/c1-8-2-5-12(6-3-8)10(18)16(11(19)14-12)7-4-9(17)20-15-13/h8,15H,2-7,13H2,1H3,(H,14,19). The van der Waals surface area contributed by atoms with E-state index in [2.05, 4.69) is 17.1 Å². The lowest BCUT2D eigenvalue weighted by molar-refractivity contribution is -0.151. The molecule has 0 unspecified atom stereocenters. The van der Waals surface area contributed by atoms with Crippen molar-refractivity contribution in [3.8, 4) is 0 Å². The molecule has 0 aromatic heterocycles. The lowest BCUT2D eigenvalue weighted by atomic mass is 9.77. The average Bonchev–Trinajstić information content (AvgIpc) is 2.63. The zero-order valence-electron chi connectivity index (χ0n) is 11.5. The molecular weight excluding hydrogens is 264 g/mol. The maximum absolute atomic E-state index is 12.4. The van der Waals surface area contributed by atoms with Gasteiger partial charge in [0.1, 0.15) is 5.54 Å². The molecule has 8 nitrogen and oxygen atoms in total. The largest absolute Gasteiger partial charge is 0.356 e. The van der Waals surface area contributed by atoms with Crippen LogP contribution < -0.4 is 16.7 Å². The van der Waals surface area contributed by atoms with Crippen LogP contribution in [0.1, 0.15) is 39.0 Å². The van der Waals surface area contributed by atoms with Gasteiger partial charge in [-0.1, -0.05) is 12.5 Å². The van der Waals surface area contributed by atoms with Gasteiger partial charge in [0.05, 0.1) is 6.42 Å². The molecule has 0 bridgehead atoms. The van der Waals surface area contributed by atoms with Crippen LogP contribution in [-0.2, 0) is 14.4 Å². The molecule has 4 N–H and O–H groups in total. The normalized spacial score (nSPS) is 29.7. The highest BCUT2D eigenvalue weighted by atomic mass is 16.7. The third-order valence-corrected chi connectivity index (χ3v) is 4.09. The van der Waals surface area contributed by atoms with Crippen molar-refractivity contribution in [2.24, 2.45) is 11.8 Å². The van der Waals surface area contributed by atoms with Gasteiger partial charge >= 0.3 is 12.0 Å². The van der Waals surface area contributed by atoms with Crippen LogP contribution in [0.3, 0.4) is 0 Å². The van der Waals surface area contributed by atoms with E-state index >= 15 is 0 Å². The molecule has 1 saturated carbocycles. The summed E-state index contributed by atoms with van der Waals surface area (Å²) >= 11 is 0. The molecule has 20 heavy (non-hydrogen) atoms. The molecule has 1 aliphatic heterocycles. The number of amides is 3. The van der Waals surface area contributed by atoms with Crippen molar-refractivity contribution in [2.45, 2.75) is 44.6 Å². The number of hydrogen-bond donors (Lipinski definition) is 3. The fraction of sp³-hybridized carbons (Fsp3) is 0.750. The summed E-state index contributed by atoms with van der Waals surface area (Å²) in [5, 5.41) is 2.79. The third kappa shape index (κ3) is 2.75. The van der Waals surface area contributed by atoms with E-state index in [9.17, 15) is 14.4 Å². The molecular formula is C12H20N4O4. The summed E-state index contributed by atoms with van der Waals surface area (Å²) in [7, 11) is 0. The number of rotatable bonds is 4. The van der Waals surface area contributed by atoms with Crippen LogP contribution in [0.5, 0.6) is 0 Å². The second-order valence-corrected chi connectivity index (χ2v) is 5.49. The van der Waals surface area contributed by atoms with E-state index < -0.39 is 17.5 Å². The highest BCUT2D eigenvalue weighted by Gasteiger charge is 2.51. The van der Waals surface area contributed by atoms with Gasteiger partial charge in [0.2, 0.25) is 0 Å². The van der Waals surface area contributed by atoms with Crippen molar-refractivity contribution < 1.29 is 19.2 Å². The molecule has 2 aliphatic rings. The summed E-state index contributed by atoms with van der Waals surface area (Å²) in [5.74, 6) is 4.56. The third-order valence-electron chi connectivity index (χ3n) is 4.09. The molecule has 112 valence electrons. The van der Waals surface area contributed by atoms with E-state index in [0.29, 0.717) is 18.8 Å². The number of nitrogens with one attached hydrogen (secondary N) is 2. The number of hydrazine groups is 1. The summed E-state index contributed by atoms with van der Waals surface area (Å²) in [6, 6.07) is -0.432. The lowest BCUT2D eigenvalue weighted by Gasteiger charge is -2.33. The molecule has 0 aromatic rings. The first-order chi connectivity index (χ1) is 9.48. The van der Waals surface area contributed by atoms with Crippen molar-refractivity contribution in [3.05, 3.63) is 0 Å². The van der Waals surface area contributed by atoms with Crippen molar-refractivity contribution >= 4 is 17.9 Å². The minimum atomic E-state index is -0.764. The van der Waals surface area contributed by atoms with Crippen LogP contribution in [0.15, 0.2) is 0 Å². The fourth-order valence-electron chi connectivity index (χ4n) is 2.79. The number of urea groups is 1. The number of nitrogens with two attached hydrogens (primary N) is 1. The molecule has 1 spiro atoms. The second kappa shape index (κ2) is 5.76. The summed E-state index contributed by atoms with van der Waals surface area (Å²) in [5.41, 5.74) is 1.01. The quantitative estimate of drug-likeness (QED) is 0.374. The first-order valence-electron chi connectivity index (χ1n) is 6.78. The molecule has 3 amide bonds. The van der Waals surface area contributed by atoms with Crippen LogP contribution in [0.25, 0.3) is 0 Å². The Bertz CT molecular complexity index is 418. The predicted octanol–water partition coefficient (Wildman–Crippen LogP) is -0.201. The van der Waals surface area contributed by atoms with Crippen LogP contribution in [0.2, 0.25) is 0 Å². The molecule has 2 rings (SSSR count). The van der Waals surface area contributed by atoms with Crippen LogP contribution in [0, 0.1) is 5.92 Å². The minimum absolute atomic E-state index is 0.00246. The van der Waals surface area contributed by atoms with Crippen LogP contribution in [0.4, 0.5) is 4.79 Å². The highest BCUT2D eigenvalue weighted by Crippen LogP contribution is 2.36. The van der Waals surface area contributed by atoms with Gasteiger partial charge in [-0.25, -0.2) is 10.6 Å². The van der Waals surface area contributed by atoms with Crippen molar-refractivity contribution in [3.63, 3.8) is 0 Å². The Morgan fingerprint density at radius 2 is 2.15 bits per heavy atom. The molecule has 2 fully saturated rings. The van der Waals surface area contributed by atoms with Crippen molar-refractivity contribution in [1.82, 2.24) is 15.8 Å². The van der Waals surface area contributed by atoms with Gasteiger partial charge in [0.25, 0.3) is 5.91 Å². The second-order valence-electron chi connectivity index (χ2n) is 5.49. The Morgan fingerprint density at radius 1 is 1.50 bits per heavy atom. The minimum Gasteiger partial charge on any atom is -0.356 e. The fourth-order valence-corrected chi connectivity index (χ4v) is 2.79. The number of carbonyl (C=O) groups is 3. The van der Waals surface area contributed by atoms with E-state index in [4.69, 9.17) is 5.84 Å². The zero-order valence-corrected chi connectivity index (χ0v) is 11.5. The van der Waals surface area contributed by atoms with E-state index in [0.717, 1.165) is 17.7 Å². The van der Waals surface area contributed by atoms with Gasteiger partial charge in [0.15, 0.2) is 0 Å². The number of imide groups is 1. The van der Waals surface area contributed by atoms with Crippen molar-refractivity contribution in [2.75, 3.05) is 6.54 Å². The molecule has 0 atom stereocenters. The van der Waals surface area contributed by atoms with Gasteiger partial charge in [-0.2, -0.15) is 0 Å². The van der Waals surface area contributed by atoms with Crippen LogP contribution >= 0.6 is 0 Å². The summed E-state index contributed by atoms with van der Waals surface area (Å²) in [4.78, 5) is 41.0. The van der Waals surface area contributed by atoms with E-state index in [1.165, 1.54) is 0 Å².